The van der Waals surface area contributed by atoms with E-state index in [9.17, 15) is 14.7 Å². The van der Waals surface area contributed by atoms with Crippen molar-refractivity contribution in [2.24, 2.45) is 5.92 Å². The average molecular weight is 604 g/mol. The van der Waals surface area contributed by atoms with E-state index in [0.717, 1.165) is 28.6 Å². The molecule has 2 amide bonds. The fourth-order valence-electron chi connectivity index (χ4n) is 5.10. The Hall–Kier alpha value is -3.26. The van der Waals surface area contributed by atoms with Crippen LogP contribution in [0.5, 0.6) is 11.5 Å². The van der Waals surface area contributed by atoms with Crippen LogP contribution in [0.15, 0.2) is 33.0 Å². The Bertz CT molecular complexity index is 1470. The van der Waals surface area contributed by atoms with Gasteiger partial charge in [-0.3, -0.25) is 15.1 Å². The number of likely N-dealkylation sites (tertiary alicyclic amines) is 2. The summed E-state index contributed by atoms with van der Waals surface area (Å²) in [7, 11) is 0. The maximum absolute atomic E-state index is 12.7. The van der Waals surface area contributed by atoms with Crippen LogP contribution in [0.3, 0.4) is 0 Å². The zero-order chi connectivity index (χ0) is 26.4. The van der Waals surface area contributed by atoms with Gasteiger partial charge >= 0.3 is 6.09 Å². The molecule has 12 nitrogen and oxygen atoms in total. The Labute approximate surface area is 230 Å². The minimum atomic E-state index is -1.02. The maximum Gasteiger partial charge on any atom is 0.407 e. The molecule has 3 aliphatic rings. The first-order valence-electron chi connectivity index (χ1n) is 12.4. The van der Waals surface area contributed by atoms with Crippen molar-refractivity contribution in [1.29, 1.82) is 5.41 Å². The molecule has 2 fully saturated rings. The van der Waals surface area contributed by atoms with Gasteiger partial charge in [0.1, 0.15) is 11.6 Å². The quantitative estimate of drug-likeness (QED) is 0.388. The number of piperidine rings is 1. The molecule has 0 bridgehead atoms. The van der Waals surface area contributed by atoms with Gasteiger partial charge in [0.2, 0.25) is 12.7 Å². The van der Waals surface area contributed by atoms with Crippen molar-refractivity contribution in [2.45, 2.75) is 48.3 Å². The minimum Gasteiger partial charge on any atom is -0.465 e. The highest BCUT2D eigenvalue weighted by atomic mass is 79.9. The monoisotopic (exact) mass is 603 g/mol. The van der Waals surface area contributed by atoms with E-state index in [2.05, 4.69) is 25.9 Å². The van der Waals surface area contributed by atoms with Crippen LogP contribution in [0.25, 0.3) is 11.2 Å². The highest BCUT2D eigenvalue weighted by Crippen LogP contribution is 2.42. The molecule has 3 aromatic rings. The van der Waals surface area contributed by atoms with Gasteiger partial charge in [-0.15, -0.1) is 0 Å². The number of nitrogens with zero attached hydrogens (tertiary/aromatic N) is 5. The minimum absolute atomic E-state index is 0.0703. The first-order chi connectivity index (χ1) is 18.4. The molecule has 6 rings (SSSR count). The van der Waals surface area contributed by atoms with E-state index in [4.69, 9.17) is 19.9 Å². The number of fused-ring (bicyclic) bond motifs is 2. The Morgan fingerprint density at radius 1 is 1.18 bits per heavy atom. The van der Waals surface area contributed by atoms with Crippen molar-refractivity contribution < 1.29 is 24.2 Å². The first-order valence-corrected chi connectivity index (χ1v) is 14.0. The molecule has 2 aromatic heterocycles. The van der Waals surface area contributed by atoms with Crippen molar-refractivity contribution in [1.82, 2.24) is 29.3 Å². The number of aryl methyl sites for hydroxylation is 1. The van der Waals surface area contributed by atoms with Gasteiger partial charge in [0.15, 0.2) is 27.8 Å². The van der Waals surface area contributed by atoms with E-state index in [0.29, 0.717) is 66.3 Å². The number of aromatic amines is 1. The Morgan fingerprint density at radius 3 is 2.66 bits per heavy atom. The summed E-state index contributed by atoms with van der Waals surface area (Å²) in [5.41, 5.74) is 1.39. The fourth-order valence-corrected chi connectivity index (χ4v) is 6.48. The number of H-pyrrole nitrogens is 1. The number of benzene rings is 1. The average Bonchev–Trinajstić information content (AvgIpc) is 3.50. The van der Waals surface area contributed by atoms with Crippen molar-refractivity contribution in [2.75, 3.05) is 26.4 Å². The predicted molar refractivity (Wildman–Crippen MR) is 139 cm³/mol. The summed E-state index contributed by atoms with van der Waals surface area (Å²) in [5, 5.41) is 18.1. The van der Waals surface area contributed by atoms with E-state index in [1.807, 2.05) is 21.6 Å². The van der Waals surface area contributed by atoms with Crippen LogP contribution in [-0.4, -0.2) is 78.9 Å². The second-order valence-corrected chi connectivity index (χ2v) is 11.5. The summed E-state index contributed by atoms with van der Waals surface area (Å²) in [4.78, 5) is 40.2. The summed E-state index contributed by atoms with van der Waals surface area (Å²) >= 11 is 5.01. The Kier molecular flexibility index (Phi) is 6.68. The molecule has 5 heterocycles. The lowest BCUT2D eigenvalue weighted by molar-refractivity contribution is -0.141. The topological polar surface area (TPSA) is 150 Å². The second-order valence-electron chi connectivity index (χ2n) is 9.60. The number of halogens is 1. The summed E-state index contributed by atoms with van der Waals surface area (Å²) in [6.45, 7) is 2.62. The van der Waals surface area contributed by atoms with Crippen LogP contribution >= 0.6 is 27.7 Å². The number of carbonyl (C=O) groups is 2. The maximum atomic E-state index is 12.7. The first kappa shape index (κ1) is 25.0. The number of ether oxygens (including phenoxy) is 2. The standard InChI is InChI=1S/C24H26BrN7O5S/c25-14-9-16-17(37-12-36-16)10-18(14)38-23-28-19-20(26)27-11-31(21(19)29-23)7-3-13-1-5-30(6-2-13)22(33)15-4-8-32(15)24(34)35/h9-11,13,15,26H,1-8,12H2,(H,28,29)(H,34,35)/t15-/m0/s1. The molecule has 0 aliphatic carbocycles. The van der Waals surface area contributed by atoms with Crippen molar-refractivity contribution >= 4 is 50.9 Å². The van der Waals surface area contributed by atoms with Crippen LogP contribution in [-0.2, 0) is 11.3 Å². The number of aromatic nitrogens is 4. The van der Waals surface area contributed by atoms with Crippen molar-refractivity contribution in [3.05, 3.63) is 28.4 Å². The Morgan fingerprint density at radius 2 is 1.95 bits per heavy atom. The molecule has 0 spiro atoms. The molecule has 14 heteroatoms. The number of rotatable bonds is 6. The number of nitrogens with one attached hydrogen (secondary N) is 2. The second kappa shape index (κ2) is 10.1. The van der Waals surface area contributed by atoms with Gasteiger partial charge in [-0.2, -0.15) is 0 Å². The molecule has 0 radical (unpaired) electrons. The zero-order valence-corrected chi connectivity index (χ0v) is 22.8. The predicted octanol–water partition coefficient (Wildman–Crippen LogP) is 3.26. The third kappa shape index (κ3) is 4.70. The summed E-state index contributed by atoms with van der Waals surface area (Å²) in [5.74, 6) is 1.75. The molecule has 0 saturated carbocycles. The molecule has 0 unspecified atom stereocenters. The summed E-state index contributed by atoms with van der Waals surface area (Å²) in [6.07, 6.45) is 3.88. The van der Waals surface area contributed by atoms with E-state index >= 15 is 0 Å². The number of amides is 2. The lowest BCUT2D eigenvalue weighted by Gasteiger charge is -2.42. The normalized spacial score (nSPS) is 19.1. The van der Waals surface area contributed by atoms with E-state index in [-0.39, 0.29) is 18.2 Å². The van der Waals surface area contributed by atoms with E-state index in [1.54, 1.807) is 6.33 Å². The lowest BCUT2D eigenvalue weighted by atomic mass is 9.92. The number of hydrogen-bond acceptors (Lipinski definition) is 8. The number of hydrogen-bond donors (Lipinski definition) is 3. The largest absolute Gasteiger partial charge is 0.465 e. The molecule has 3 N–H and O–H groups in total. The molecule has 3 aliphatic heterocycles. The molecule has 200 valence electrons. The zero-order valence-electron chi connectivity index (χ0n) is 20.4. The molecule has 1 aromatic carbocycles. The molecular formula is C24H26BrN7O5S. The number of carboxylic acid groups (broad SMARTS) is 1. The molecule has 1 atom stereocenters. The smallest absolute Gasteiger partial charge is 0.407 e. The molecule has 38 heavy (non-hydrogen) atoms. The van der Waals surface area contributed by atoms with E-state index < -0.39 is 12.1 Å². The van der Waals surface area contributed by atoms with Crippen LogP contribution < -0.4 is 15.0 Å². The molecule has 2 saturated heterocycles. The van der Waals surface area contributed by atoms with Gasteiger partial charge in [-0.05, 0) is 59.7 Å². The fraction of sp³-hybridized carbons (Fsp3) is 0.458. The van der Waals surface area contributed by atoms with Gasteiger partial charge < -0.3 is 29.0 Å². The lowest BCUT2D eigenvalue weighted by Crippen LogP contribution is -2.59. The third-order valence-corrected chi connectivity index (χ3v) is 9.25. The van der Waals surface area contributed by atoms with Gasteiger partial charge in [-0.1, -0.05) is 11.8 Å². The SMILES string of the molecule is N=c1ncn(CCC2CCN(C(=O)[C@@H]3CCN3C(=O)O)CC2)c2nc(Sc3cc4c(cc3Br)OCO4)[nH]c12. The van der Waals surface area contributed by atoms with Gasteiger partial charge in [0.25, 0.3) is 0 Å². The van der Waals surface area contributed by atoms with Crippen LogP contribution in [0.2, 0.25) is 0 Å². The molecular weight excluding hydrogens is 578 g/mol. The number of imidazole rings is 1. The number of carbonyl (C=O) groups excluding carboxylic acids is 1. The van der Waals surface area contributed by atoms with Gasteiger partial charge in [0.05, 0.1) is 6.33 Å². The van der Waals surface area contributed by atoms with Crippen molar-refractivity contribution in [3.63, 3.8) is 0 Å². The summed E-state index contributed by atoms with van der Waals surface area (Å²) in [6, 6.07) is 3.25. The van der Waals surface area contributed by atoms with Gasteiger partial charge in [0, 0.05) is 35.5 Å². The van der Waals surface area contributed by atoms with Crippen LogP contribution in [0.4, 0.5) is 4.79 Å². The third-order valence-electron chi connectivity index (χ3n) is 7.39. The Balaban J connectivity index is 1.10. The van der Waals surface area contributed by atoms with Gasteiger partial charge in [-0.25, -0.2) is 14.8 Å². The van der Waals surface area contributed by atoms with Crippen molar-refractivity contribution in [3.8, 4) is 11.5 Å². The van der Waals surface area contributed by atoms with E-state index in [1.165, 1.54) is 16.7 Å². The highest BCUT2D eigenvalue weighted by Gasteiger charge is 2.40. The summed E-state index contributed by atoms with van der Waals surface area (Å²) < 4.78 is 13.8. The highest BCUT2D eigenvalue weighted by molar-refractivity contribution is 9.10. The van der Waals surface area contributed by atoms with Crippen LogP contribution in [0.1, 0.15) is 25.7 Å². The van der Waals surface area contributed by atoms with Crippen LogP contribution in [0, 0.1) is 11.3 Å².